The molecule has 3 heteroatoms. The Balaban J connectivity index is 2.42. The molecule has 0 fully saturated rings. The fourth-order valence-corrected chi connectivity index (χ4v) is 1.74. The lowest BCUT2D eigenvalue weighted by Gasteiger charge is -1.91. The molecule has 0 aliphatic carbocycles. The van der Waals surface area contributed by atoms with Gasteiger partial charge in [0.1, 0.15) is 0 Å². The fourth-order valence-electron chi connectivity index (χ4n) is 0.873. The van der Waals surface area contributed by atoms with Crippen molar-refractivity contribution in [3.05, 3.63) is 35.0 Å². The maximum Gasteiger partial charge on any atom is 0.0961 e. The zero-order valence-corrected chi connectivity index (χ0v) is 6.14. The van der Waals surface area contributed by atoms with E-state index in [1.54, 1.807) is 18.0 Å². The summed E-state index contributed by atoms with van der Waals surface area (Å²) in [5.41, 5.74) is 1.02. The molecule has 50 valence electrons. The van der Waals surface area contributed by atoms with Crippen LogP contribution in [0.3, 0.4) is 0 Å². The van der Waals surface area contributed by atoms with Gasteiger partial charge in [0.2, 0.25) is 0 Å². The predicted octanol–water partition coefficient (Wildman–Crippen LogP) is 2.48. The van der Waals surface area contributed by atoms with Crippen LogP contribution in [0.25, 0.3) is 0 Å². The summed E-state index contributed by atoms with van der Waals surface area (Å²) >= 11 is 1.80. The summed E-state index contributed by atoms with van der Waals surface area (Å²) in [6.45, 7) is 0. The highest BCUT2D eigenvalue weighted by atomic mass is 32.2. The van der Waals surface area contributed by atoms with Crippen LogP contribution >= 0.6 is 11.8 Å². The highest BCUT2D eigenvalue weighted by Crippen LogP contribution is 2.32. The minimum absolute atomic E-state index is 1.02. The SMILES string of the molecule is C1=CN=NC2=CCSC2=C1. The Bertz CT molecular complexity index is 261. The first-order chi connectivity index (χ1) is 4.97. The largest absolute Gasteiger partial charge is 0.159 e. The van der Waals surface area contributed by atoms with E-state index in [9.17, 15) is 0 Å². The van der Waals surface area contributed by atoms with E-state index in [1.165, 1.54) is 4.91 Å². The molecular weight excluding hydrogens is 144 g/mol. The first kappa shape index (κ1) is 5.92. The first-order valence-electron chi connectivity index (χ1n) is 3.08. The topological polar surface area (TPSA) is 24.7 Å². The number of nitrogens with zero attached hydrogens (tertiary/aromatic N) is 2. The summed E-state index contributed by atoms with van der Waals surface area (Å²) < 4.78 is 0. The van der Waals surface area contributed by atoms with Crippen molar-refractivity contribution >= 4 is 11.8 Å². The van der Waals surface area contributed by atoms with Crippen LogP contribution in [0.4, 0.5) is 0 Å². The molecule has 0 aromatic carbocycles. The minimum atomic E-state index is 1.02. The van der Waals surface area contributed by atoms with E-state index in [2.05, 4.69) is 16.3 Å². The molecule has 2 nitrogen and oxygen atoms in total. The van der Waals surface area contributed by atoms with Crippen molar-refractivity contribution < 1.29 is 0 Å². The van der Waals surface area contributed by atoms with Crippen LogP contribution in [0.2, 0.25) is 0 Å². The van der Waals surface area contributed by atoms with E-state index in [4.69, 9.17) is 0 Å². The molecule has 2 aliphatic rings. The molecule has 2 rings (SSSR count). The highest BCUT2D eigenvalue weighted by molar-refractivity contribution is 8.03. The van der Waals surface area contributed by atoms with E-state index < -0.39 is 0 Å². The second-order valence-electron chi connectivity index (χ2n) is 1.99. The summed E-state index contributed by atoms with van der Waals surface area (Å²) in [4.78, 5) is 1.23. The maximum atomic E-state index is 4.00. The van der Waals surface area contributed by atoms with Crippen molar-refractivity contribution in [1.29, 1.82) is 0 Å². The molecular formula is C7H6N2S. The summed E-state index contributed by atoms with van der Waals surface area (Å²) in [6, 6.07) is 0. The normalized spacial score (nSPS) is 21.6. The third kappa shape index (κ3) is 0.926. The second kappa shape index (κ2) is 2.42. The lowest BCUT2D eigenvalue weighted by Crippen LogP contribution is -1.70. The van der Waals surface area contributed by atoms with Crippen molar-refractivity contribution in [2.45, 2.75) is 0 Å². The molecule has 2 heterocycles. The van der Waals surface area contributed by atoms with Gasteiger partial charge in [-0.25, -0.2) is 0 Å². The Kier molecular flexibility index (Phi) is 1.43. The third-order valence-electron chi connectivity index (χ3n) is 1.33. The van der Waals surface area contributed by atoms with Gasteiger partial charge >= 0.3 is 0 Å². The molecule has 0 unspecified atom stereocenters. The molecule has 10 heavy (non-hydrogen) atoms. The Morgan fingerprint density at radius 2 is 2.50 bits per heavy atom. The van der Waals surface area contributed by atoms with E-state index in [1.807, 2.05) is 12.2 Å². The number of fused-ring (bicyclic) bond motifs is 1. The Hall–Kier alpha value is -0.830. The van der Waals surface area contributed by atoms with Gasteiger partial charge in [-0.3, -0.25) is 0 Å². The highest BCUT2D eigenvalue weighted by Gasteiger charge is 2.10. The second-order valence-corrected chi connectivity index (χ2v) is 3.05. The molecule has 0 amide bonds. The minimum Gasteiger partial charge on any atom is -0.159 e. The van der Waals surface area contributed by atoms with E-state index in [0.717, 1.165) is 11.4 Å². The summed E-state index contributed by atoms with van der Waals surface area (Å²) in [7, 11) is 0. The van der Waals surface area contributed by atoms with E-state index >= 15 is 0 Å². The molecule has 0 atom stereocenters. The van der Waals surface area contributed by atoms with E-state index in [0.29, 0.717) is 0 Å². The van der Waals surface area contributed by atoms with Crippen molar-refractivity contribution in [3.8, 4) is 0 Å². The van der Waals surface area contributed by atoms with Crippen molar-refractivity contribution in [3.63, 3.8) is 0 Å². The van der Waals surface area contributed by atoms with Crippen LogP contribution in [0.5, 0.6) is 0 Å². The average molecular weight is 150 g/mol. The van der Waals surface area contributed by atoms with Gasteiger partial charge in [-0.15, -0.1) is 11.8 Å². The van der Waals surface area contributed by atoms with Crippen molar-refractivity contribution in [2.24, 2.45) is 10.2 Å². The monoisotopic (exact) mass is 150 g/mol. The van der Waals surface area contributed by atoms with Gasteiger partial charge < -0.3 is 0 Å². The van der Waals surface area contributed by atoms with Crippen LogP contribution in [-0.2, 0) is 0 Å². The van der Waals surface area contributed by atoms with Gasteiger partial charge in [-0.2, -0.15) is 10.2 Å². The molecule has 0 spiro atoms. The van der Waals surface area contributed by atoms with Crippen molar-refractivity contribution in [1.82, 2.24) is 0 Å². The maximum absolute atomic E-state index is 4.00. The first-order valence-corrected chi connectivity index (χ1v) is 4.06. The molecule has 0 aromatic rings. The zero-order valence-electron chi connectivity index (χ0n) is 5.32. The Morgan fingerprint density at radius 1 is 1.50 bits per heavy atom. The van der Waals surface area contributed by atoms with Gasteiger partial charge in [0.15, 0.2) is 0 Å². The number of hydrogen-bond acceptors (Lipinski definition) is 3. The fraction of sp³-hybridized carbons (Fsp3) is 0.143. The zero-order chi connectivity index (χ0) is 6.81. The predicted molar refractivity (Wildman–Crippen MR) is 42.6 cm³/mol. The van der Waals surface area contributed by atoms with Gasteiger partial charge in [0, 0.05) is 16.9 Å². The average Bonchev–Trinajstić information content (AvgIpc) is 2.28. The standard InChI is InChI=1S/C7H6N2S/c1-2-7-6(3-5-10-7)9-8-4-1/h1-4H,5H2. The number of rotatable bonds is 0. The van der Waals surface area contributed by atoms with Gasteiger partial charge in [0.25, 0.3) is 0 Å². The molecule has 0 saturated carbocycles. The van der Waals surface area contributed by atoms with Gasteiger partial charge in [-0.05, 0) is 18.2 Å². The molecule has 0 saturated heterocycles. The molecule has 0 radical (unpaired) electrons. The van der Waals surface area contributed by atoms with Gasteiger partial charge in [0.05, 0.1) is 5.70 Å². The lowest BCUT2D eigenvalue weighted by molar-refractivity contribution is 1.17. The number of azo groups is 1. The third-order valence-corrected chi connectivity index (χ3v) is 2.32. The van der Waals surface area contributed by atoms with Crippen LogP contribution < -0.4 is 0 Å². The smallest absolute Gasteiger partial charge is 0.0961 e. The Morgan fingerprint density at radius 3 is 3.50 bits per heavy atom. The molecule has 2 aliphatic heterocycles. The van der Waals surface area contributed by atoms with Crippen LogP contribution in [0.1, 0.15) is 0 Å². The quantitative estimate of drug-likeness (QED) is 0.520. The summed E-state index contributed by atoms with van der Waals surface area (Å²) in [6.07, 6.45) is 7.75. The van der Waals surface area contributed by atoms with Crippen LogP contribution in [0.15, 0.2) is 45.3 Å². The van der Waals surface area contributed by atoms with Crippen molar-refractivity contribution in [2.75, 3.05) is 5.75 Å². The molecule has 0 aromatic heterocycles. The van der Waals surface area contributed by atoms with Crippen LogP contribution in [0, 0.1) is 0 Å². The number of allylic oxidation sites excluding steroid dienone is 2. The molecule has 0 N–H and O–H groups in total. The number of hydrogen-bond donors (Lipinski definition) is 0. The number of thioether (sulfide) groups is 1. The Labute approximate surface area is 63.4 Å². The molecule has 0 bridgehead atoms. The lowest BCUT2D eigenvalue weighted by atomic mass is 10.4. The summed E-state index contributed by atoms with van der Waals surface area (Å²) in [5.74, 6) is 1.04. The van der Waals surface area contributed by atoms with Gasteiger partial charge in [-0.1, -0.05) is 0 Å². The van der Waals surface area contributed by atoms with Crippen LogP contribution in [-0.4, -0.2) is 5.75 Å². The summed E-state index contributed by atoms with van der Waals surface area (Å²) in [5, 5.41) is 7.82. The van der Waals surface area contributed by atoms with E-state index in [-0.39, 0.29) is 0 Å².